The Bertz CT molecular complexity index is 1120. The number of aromatic nitrogens is 1. The third kappa shape index (κ3) is 3.12. The Labute approximate surface area is 182 Å². The molecule has 0 radical (unpaired) electrons. The summed E-state index contributed by atoms with van der Waals surface area (Å²) in [5.41, 5.74) is 5.49. The molecule has 0 saturated carbocycles. The first-order valence-electron chi connectivity index (χ1n) is 9.88. The summed E-state index contributed by atoms with van der Waals surface area (Å²) in [4.78, 5) is 25.6. The number of fused-ring (bicyclic) bond motifs is 1. The number of carbonyl (C=O) groups is 1. The van der Waals surface area contributed by atoms with Crippen molar-refractivity contribution in [2.24, 2.45) is 11.7 Å². The van der Waals surface area contributed by atoms with Crippen LogP contribution in [-0.4, -0.2) is 54.3 Å². The van der Waals surface area contributed by atoms with Crippen molar-refractivity contribution in [1.82, 2.24) is 4.57 Å². The Morgan fingerprint density at radius 2 is 2.26 bits per heavy atom. The molecule has 0 spiro atoms. The highest BCUT2D eigenvalue weighted by molar-refractivity contribution is 5.93. The van der Waals surface area contributed by atoms with Crippen molar-refractivity contribution in [2.75, 3.05) is 37.7 Å². The maximum Gasteiger partial charge on any atom is 0.511 e. The Kier molecular flexibility index (Phi) is 5.27. The number of anilines is 1. The van der Waals surface area contributed by atoms with Crippen LogP contribution in [0.5, 0.6) is 11.5 Å². The molecule has 3 unspecified atom stereocenters. The van der Waals surface area contributed by atoms with Crippen LogP contribution in [0, 0.1) is 11.7 Å². The first-order valence-corrected chi connectivity index (χ1v) is 9.88. The zero-order valence-corrected chi connectivity index (χ0v) is 17.6. The molecule has 9 nitrogen and oxygen atoms in total. The zero-order chi connectivity index (χ0) is 21.2. The van der Waals surface area contributed by atoms with Crippen molar-refractivity contribution in [3.8, 4) is 11.5 Å². The lowest BCUT2D eigenvalue weighted by Crippen LogP contribution is -2.44. The first kappa shape index (κ1) is 21.7. The predicted octanol–water partition coefficient (Wildman–Crippen LogP) is 2.13. The number of hydrogen-bond acceptors (Lipinski definition) is 7. The Balaban J connectivity index is 0.00000231. The fourth-order valence-electron chi connectivity index (χ4n) is 4.98. The molecule has 168 valence electrons. The highest BCUT2D eigenvalue weighted by Crippen LogP contribution is 2.47. The number of halogens is 2. The van der Waals surface area contributed by atoms with Crippen molar-refractivity contribution in [3.05, 3.63) is 28.3 Å². The van der Waals surface area contributed by atoms with Gasteiger partial charge in [-0.25, -0.2) is 9.18 Å². The van der Waals surface area contributed by atoms with Crippen LogP contribution in [0.4, 0.5) is 14.9 Å². The lowest BCUT2D eigenvalue weighted by atomic mass is 9.91. The fraction of sp³-hybridized carbons (Fsp3) is 0.500. The second kappa shape index (κ2) is 7.54. The number of benzene rings is 1. The molecule has 31 heavy (non-hydrogen) atoms. The standard InChI is InChI=1S/C20H22FN3O6.ClH/c1-10-7-28-18-15-12(17(25)14(6-24(10)15)30-19(26)27)4-13(21)16(18)23-5-11-2-3-29-20(11,8-22)9-23;/h4,6,10-11H,2-3,5,7-9,22H2,1H3,(H,26,27);1H. The topological polar surface area (TPSA) is 116 Å². The molecule has 2 saturated heterocycles. The number of rotatable bonds is 3. The summed E-state index contributed by atoms with van der Waals surface area (Å²) >= 11 is 0. The van der Waals surface area contributed by atoms with E-state index in [0.29, 0.717) is 31.8 Å². The summed E-state index contributed by atoms with van der Waals surface area (Å²) in [6, 6.07) is 0.930. The number of pyridine rings is 1. The highest BCUT2D eigenvalue weighted by atomic mass is 35.5. The maximum absolute atomic E-state index is 15.4. The van der Waals surface area contributed by atoms with E-state index in [0.717, 1.165) is 12.5 Å². The molecule has 1 aromatic heterocycles. The Morgan fingerprint density at radius 1 is 1.48 bits per heavy atom. The van der Waals surface area contributed by atoms with Crippen molar-refractivity contribution in [2.45, 2.75) is 25.0 Å². The van der Waals surface area contributed by atoms with Crippen LogP contribution in [0.25, 0.3) is 10.9 Å². The highest BCUT2D eigenvalue weighted by Gasteiger charge is 2.51. The van der Waals surface area contributed by atoms with Crippen LogP contribution in [0.2, 0.25) is 0 Å². The third-order valence-corrected chi connectivity index (χ3v) is 6.47. The van der Waals surface area contributed by atoms with E-state index in [4.69, 9.17) is 20.3 Å². The minimum Gasteiger partial charge on any atom is -0.487 e. The first-order chi connectivity index (χ1) is 14.3. The monoisotopic (exact) mass is 455 g/mol. The molecule has 3 N–H and O–H groups in total. The Hall–Kier alpha value is -2.56. The van der Waals surface area contributed by atoms with Gasteiger partial charge >= 0.3 is 6.16 Å². The summed E-state index contributed by atoms with van der Waals surface area (Å²) in [6.07, 6.45) is 0.601. The molecule has 5 rings (SSSR count). The maximum atomic E-state index is 15.4. The molecule has 1 aromatic carbocycles. The number of ether oxygens (including phenoxy) is 3. The molecule has 0 aliphatic carbocycles. The smallest absolute Gasteiger partial charge is 0.487 e. The van der Waals surface area contributed by atoms with Gasteiger partial charge in [-0.1, -0.05) is 0 Å². The molecular weight excluding hydrogens is 433 g/mol. The normalized spacial score (nSPS) is 26.4. The van der Waals surface area contributed by atoms with E-state index in [-0.39, 0.29) is 53.5 Å². The van der Waals surface area contributed by atoms with Crippen LogP contribution >= 0.6 is 12.4 Å². The molecule has 4 heterocycles. The fourth-order valence-corrected chi connectivity index (χ4v) is 4.98. The molecule has 11 heteroatoms. The zero-order valence-electron chi connectivity index (χ0n) is 16.8. The minimum absolute atomic E-state index is 0. The number of carboxylic acid groups (broad SMARTS) is 1. The summed E-state index contributed by atoms with van der Waals surface area (Å²) in [5, 5.41) is 8.95. The average molecular weight is 456 g/mol. The molecule has 2 fully saturated rings. The van der Waals surface area contributed by atoms with E-state index in [1.165, 1.54) is 6.20 Å². The van der Waals surface area contributed by atoms with Crippen LogP contribution in [0.3, 0.4) is 0 Å². The summed E-state index contributed by atoms with van der Waals surface area (Å²) in [6.45, 7) is 4.10. The van der Waals surface area contributed by atoms with Gasteiger partial charge in [0.1, 0.15) is 17.9 Å². The van der Waals surface area contributed by atoms with E-state index in [1.54, 1.807) is 4.57 Å². The second-order valence-electron chi connectivity index (χ2n) is 8.17. The molecule has 3 atom stereocenters. The summed E-state index contributed by atoms with van der Waals surface area (Å²) in [7, 11) is 0. The number of nitrogens with two attached hydrogens (primary N) is 1. The number of nitrogens with zero attached hydrogens (tertiary/aromatic N) is 2. The largest absolute Gasteiger partial charge is 0.511 e. The van der Waals surface area contributed by atoms with E-state index < -0.39 is 23.0 Å². The minimum atomic E-state index is -1.60. The van der Waals surface area contributed by atoms with E-state index in [2.05, 4.69) is 4.74 Å². The summed E-state index contributed by atoms with van der Waals surface area (Å²) < 4.78 is 33.6. The molecular formula is C20H23ClFN3O6. The van der Waals surface area contributed by atoms with E-state index in [1.807, 2.05) is 11.8 Å². The lowest BCUT2D eigenvalue weighted by molar-refractivity contribution is 0.0126. The summed E-state index contributed by atoms with van der Waals surface area (Å²) in [5.74, 6) is -0.515. The quantitative estimate of drug-likeness (QED) is 0.676. The van der Waals surface area contributed by atoms with E-state index >= 15 is 4.39 Å². The van der Waals surface area contributed by atoms with Crippen LogP contribution in [0.1, 0.15) is 19.4 Å². The van der Waals surface area contributed by atoms with Gasteiger partial charge in [0.15, 0.2) is 17.3 Å². The van der Waals surface area contributed by atoms with Gasteiger partial charge in [0.2, 0.25) is 5.43 Å². The van der Waals surface area contributed by atoms with Crippen LogP contribution < -0.4 is 25.5 Å². The average Bonchev–Trinajstić information content (AvgIpc) is 3.24. The number of hydrogen-bond donors (Lipinski definition) is 2. The van der Waals surface area contributed by atoms with Gasteiger partial charge in [-0.05, 0) is 19.4 Å². The molecule has 2 aromatic rings. The van der Waals surface area contributed by atoms with E-state index in [9.17, 15) is 9.59 Å². The van der Waals surface area contributed by atoms with Gasteiger partial charge in [-0.2, -0.15) is 0 Å². The van der Waals surface area contributed by atoms with Gasteiger partial charge in [0.25, 0.3) is 0 Å². The molecule has 3 aliphatic rings. The predicted molar refractivity (Wildman–Crippen MR) is 112 cm³/mol. The molecule has 0 bridgehead atoms. The second-order valence-corrected chi connectivity index (χ2v) is 8.17. The van der Waals surface area contributed by atoms with Crippen molar-refractivity contribution >= 4 is 35.2 Å². The van der Waals surface area contributed by atoms with Gasteiger partial charge < -0.3 is 34.5 Å². The van der Waals surface area contributed by atoms with Gasteiger partial charge in [0, 0.05) is 32.2 Å². The lowest BCUT2D eigenvalue weighted by Gasteiger charge is -2.32. The van der Waals surface area contributed by atoms with Crippen LogP contribution in [-0.2, 0) is 4.74 Å². The molecule has 3 aliphatic heterocycles. The van der Waals surface area contributed by atoms with Gasteiger partial charge in [-0.3, -0.25) is 4.79 Å². The van der Waals surface area contributed by atoms with Gasteiger partial charge in [-0.15, -0.1) is 12.4 Å². The van der Waals surface area contributed by atoms with Crippen LogP contribution in [0.15, 0.2) is 17.1 Å². The van der Waals surface area contributed by atoms with Gasteiger partial charge in [0.05, 0.1) is 23.1 Å². The SMILES string of the molecule is CC1COc2c(N3CC4CCOC4(CN)C3)c(F)cc3c(=O)c(OC(=O)O)cn1c23.Cl. The third-order valence-electron chi connectivity index (χ3n) is 6.47. The van der Waals surface area contributed by atoms with Crippen molar-refractivity contribution in [1.29, 1.82) is 0 Å². The van der Waals surface area contributed by atoms with Crippen molar-refractivity contribution < 1.29 is 28.5 Å². The molecule has 0 amide bonds. The Morgan fingerprint density at radius 3 is 2.94 bits per heavy atom. The van der Waals surface area contributed by atoms with Crippen molar-refractivity contribution in [3.63, 3.8) is 0 Å².